The molecule has 0 saturated heterocycles. The van der Waals surface area contributed by atoms with Crippen molar-refractivity contribution in [2.24, 2.45) is 0 Å². The third-order valence-electron chi connectivity index (χ3n) is 3.86. The van der Waals surface area contributed by atoms with E-state index in [4.69, 9.17) is 28.3 Å². The van der Waals surface area contributed by atoms with Crippen molar-refractivity contribution in [1.29, 1.82) is 0 Å². The summed E-state index contributed by atoms with van der Waals surface area (Å²) in [5, 5.41) is 12.9. The molecule has 27 heavy (non-hydrogen) atoms. The summed E-state index contributed by atoms with van der Waals surface area (Å²) in [5.41, 5.74) is 1.97. The van der Waals surface area contributed by atoms with E-state index in [1.165, 1.54) is 6.08 Å². The molecule has 0 atom stereocenters. The lowest BCUT2D eigenvalue weighted by atomic mass is 10.2. The van der Waals surface area contributed by atoms with Crippen LogP contribution >= 0.6 is 35.0 Å². The smallest absolute Gasteiger partial charge is 0.277 e. The van der Waals surface area contributed by atoms with Crippen LogP contribution in [0.5, 0.6) is 0 Å². The molecule has 1 aliphatic heterocycles. The maximum absolute atomic E-state index is 12.1. The number of anilines is 1. The minimum Gasteiger partial charge on any atom is -0.395 e. The van der Waals surface area contributed by atoms with Gasteiger partial charge in [0.1, 0.15) is 5.70 Å². The molecule has 2 aromatic carbocycles. The molecule has 0 saturated carbocycles. The molecule has 5 nitrogen and oxygen atoms in total. The highest BCUT2D eigenvalue weighted by atomic mass is 35.5. The van der Waals surface area contributed by atoms with Gasteiger partial charge in [-0.05, 0) is 42.0 Å². The van der Waals surface area contributed by atoms with Gasteiger partial charge < -0.3 is 10.4 Å². The van der Waals surface area contributed by atoms with Crippen molar-refractivity contribution in [1.82, 2.24) is 4.90 Å². The van der Waals surface area contributed by atoms with Gasteiger partial charge in [-0.2, -0.15) is 0 Å². The molecule has 0 aromatic heterocycles. The number of halogens is 2. The Morgan fingerprint density at radius 3 is 2.44 bits per heavy atom. The van der Waals surface area contributed by atoms with Crippen molar-refractivity contribution >= 4 is 52.5 Å². The molecule has 1 aliphatic rings. The number of hydrogen-bond donors (Lipinski definition) is 2. The van der Waals surface area contributed by atoms with Gasteiger partial charge in [0.2, 0.25) is 0 Å². The number of aliphatic hydroxyl groups excluding tert-OH is 1. The minimum absolute atomic E-state index is 0.0103. The van der Waals surface area contributed by atoms with E-state index in [1.807, 2.05) is 36.4 Å². The predicted octanol–water partition coefficient (Wildman–Crippen LogP) is 3.94. The number of nitrogens with one attached hydrogen (secondary N) is 1. The first-order chi connectivity index (χ1) is 13.0. The molecule has 0 radical (unpaired) electrons. The normalized spacial score (nSPS) is 13.9. The van der Waals surface area contributed by atoms with Gasteiger partial charge in [-0.25, -0.2) is 0 Å². The van der Waals surface area contributed by atoms with Crippen LogP contribution in [0.4, 0.5) is 5.69 Å². The first-order valence-corrected chi connectivity index (χ1v) is 9.84. The molecule has 2 N–H and O–H groups in total. The lowest BCUT2D eigenvalue weighted by Gasteiger charge is -2.13. The molecule has 3 rings (SSSR count). The Morgan fingerprint density at radius 2 is 1.78 bits per heavy atom. The molecule has 0 bridgehead atoms. The second-order valence-electron chi connectivity index (χ2n) is 5.76. The van der Waals surface area contributed by atoms with E-state index in [1.54, 1.807) is 17.8 Å². The summed E-state index contributed by atoms with van der Waals surface area (Å²) in [6, 6.07) is 13.1. The summed E-state index contributed by atoms with van der Waals surface area (Å²) < 4.78 is 0. The second-order valence-corrected chi connectivity index (χ2v) is 7.63. The van der Waals surface area contributed by atoms with Gasteiger partial charge in [-0.1, -0.05) is 29.3 Å². The molecule has 1 heterocycles. The summed E-state index contributed by atoms with van der Waals surface area (Å²) in [5.74, 6) is -0.116. The number of hydrogen-bond acceptors (Lipinski definition) is 5. The predicted molar refractivity (Wildman–Crippen MR) is 108 cm³/mol. The first kappa shape index (κ1) is 19.8. The summed E-state index contributed by atoms with van der Waals surface area (Å²) in [6.45, 7) is -0.271. The van der Waals surface area contributed by atoms with Crippen LogP contribution in [0.25, 0.3) is 0 Å². The Kier molecular flexibility index (Phi) is 6.44. The lowest BCUT2D eigenvalue weighted by molar-refractivity contribution is -0.137. The van der Waals surface area contributed by atoms with Gasteiger partial charge >= 0.3 is 0 Å². The Bertz CT molecular complexity index is 900. The highest BCUT2D eigenvalue weighted by molar-refractivity contribution is 7.98. The molecule has 0 unspecified atom stereocenters. The van der Waals surface area contributed by atoms with Crippen LogP contribution in [0.2, 0.25) is 10.0 Å². The average molecular weight is 423 g/mol. The molecule has 0 fully saturated rings. The summed E-state index contributed by atoms with van der Waals surface area (Å²) >= 11 is 13.6. The van der Waals surface area contributed by atoms with E-state index in [9.17, 15) is 9.59 Å². The fourth-order valence-electron chi connectivity index (χ4n) is 2.50. The van der Waals surface area contributed by atoms with Crippen LogP contribution in [-0.4, -0.2) is 35.0 Å². The van der Waals surface area contributed by atoms with E-state index in [2.05, 4.69) is 5.32 Å². The zero-order valence-corrected chi connectivity index (χ0v) is 16.4. The van der Waals surface area contributed by atoms with Gasteiger partial charge in [-0.15, -0.1) is 11.8 Å². The molecular weight excluding hydrogens is 407 g/mol. The number of β-amino-alcohol motifs (C(OH)–C–C–N with tert-alkyl or cyclic N) is 1. The quantitative estimate of drug-likeness (QED) is 0.522. The van der Waals surface area contributed by atoms with Crippen LogP contribution in [0.15, 0.2) is 59.1 Å². The Balaban J connectivity index is 1.59. The van der Waals surface area contributed by atoms with Crippen molar-refractivity contribution in [2.75, 3.05) is 18.5 Å². The zero-order valence-electron chi connectivity index (χ0n) is 14.1. The summed E-state index contributed by atoms with van der Waals surface area (Å²) in [6.07, 6.45) is 1.24. The SMILES string of the molecule is O=C1C=C(Nc2ccc(SCc3ccc(Cl)c(Cl)c3)cc2)C(=O)N1CCO. The number of rotatable bonds is 7. The minimum atomic E-state index is -0.438. The van der Waals surface area contributed by atoms with Crippen LogP contribution in [-0.2, 0) is 15.3 Å². The highest BCUT2D eigenvalue weighted by Crippen LogP contribution is 2.28. The third-order valence-corrected chi connectivity index (χ3v) is 5.68. The number of carbonyl (C=O) groups is 2. The zero-order chi connectivity index (χ0) is 19.4. The third kappa shape index (κ3) is 4.84. The monoisotopic (exact) mass is 422 g/mol. The Hall–Kier alpha value is -1.99. The van der Waals surface area contributed by atoms with Crippen LogP contribution in [0.3, 0.4) is 0 Å². The van der Waals surface area contributed by atoms with Crippen molar-refractivity contribution in [3.8, 4) is 0 Å². The number of amides is 2. The molecule has 140 valence electrons. The number of imide groups is 1. The fourth-order valence-corrected chi connectivity index (χ4v) is 3.66. The highest BCUT2D eigenvalue weighted by Gasteiger charge is 2.30. The lowest BCUT2D eigenvalue weighted by Crippen LogP contribution is -2.34. The molecule has 0 aliphatic carbocycles. The Labute approximate surface area is 171 Å². The van der Waals surface area contributed by atoms with E-state index in [0.717, 1.165) is 21.1 Å². The van der Waals surface area contributed by atoms with E-state index in [-0.39, 0.29) is 18.8 Å². The number of benzene rings is 2. The standard InChI is InChI=1S/C19H16Cl2N2O3S/c20-15-6-1-12(9-16(15)21)11-27-14-4-2-13(3-5-14)22-17-10-18(25)23(7-8-24)19(17)26/h1-6,9-10,22,24H,7-8,11H2. The van der Waals surface area contributed by atoms with Crippen molar-refractivity contribution in [3.63, 3.8) is 0 Å². The molecular formula is C19H16Cl2N2O3S. The van der Waals surface area contributed by atoms with Crippen LogP contribution in [0.1, 0.15) is 5.56 Å². The average Bonchev–Trinajstić information content (AvgIpc) is 2.92. The van der Waals surface area contributed by atoms with Gasteiger partial charge in [-0.3, -0.25) is 14.5 Å². The second kappa shape index (κ2) is 8.80. The van der Waals surface area contributed by atoms with E-state index < -0.39 is 11.8 Å². The van der Waals surface area contributed by atoms with Gasteiger partial charge in [0.05, 0.1) is 23.2 Å². The molecule has 0 spiro atoms. The van der Waals surface area contributed by atoms with Crippen LogP contribution in [0, 0.1) is 0 Å². The summed E-state index contributed by atoms with van der Waals surface area (Å²) in [4.78, 5) is 25.9. The van der Waals surface area contributed by atoms with Crippen molar-refractivity contribution in [3.05, 3.63) is 69.8 Å². The molecule has 2 amide bonds. The number of thioether (sulfide) groups is 1. The van der Waals surface area contributed by atoms with E-state index >= 15 is 0 Å². The maximum Gasteiger partial charge on any atom is 0.277 e. The largest absolute Gasteiger partial charge is 0.395 e. The first-order valence-electron chi connectivity index (χ1n) is 8.10. The van der Waals surface area contributed by atoms with Crippen molar-refractivity contribution < 1.29 is 14.7 Å². The van der Waals surface area contributed by atoms with Gasteiger partial charge in [0.15, 0.2) is 0 Å². The van der Waals surface area contributed by atoms with E-state index in [0.29, 0.717) is 15.7 Å². The number of carbonyl (C=O) groups excluding carboxylic acids is 2. The maximum atomic E-state index is 12.1. The molecule has 8 heteroatoms. The van der Waals surface area contributed by atoms with Gasteiger partial charge in [0, 0.05) is 22.4 Å². The van der Waals surface area contributed by atoms with Crippen molar-refractivity contribution in [2.45, 2.75) is 10.6 Å². The topological polar surface area (TPSA) is 69.6 Å². The fraction of sp³-hybridized carbons (Fsp3) is 0.158. The number of aliphatic hydroxyl groups is 1. The Morgan fingerprint density at radius 1 is 1.04 bits per heavy atom. The molecule has 2 aromatic rings. The summed E-state index contributed by atoms with van der Waals surface area (Å²) in [7, 11) is 0. The number of nitrogens with zero attached hydrogens (tertiary/aromatic N) is 1. The van der Waals surface area contributed by atoms with Gasteiger partial charge in [0.25, 0.3) is 11.8 Å². The van der Waals surface area contributed by atoms with Crippen LogP contribution < -0.4 is 5.32 Å².